The molecule has 0 bridgehead atoms. The number of para-hydroxylation sites is 1. The molecule has 0 radical (unpaired) electrons. The van der Waals surface area contributed by atoms with Crippen LogP contribution in [0, 0.1) is 0 Å². The normalized spacial score (nSPS) is 15.6. The van der Waals surface area contributed by atoms with E-state index >= 15 is 0 Å². The van der Waals surface area contributed by atoms with E-state index in [0.29, 0.717) is 19.0 Å². The van der Waals surface area contributed by atoms with Gasteiger partial charge in [0, 0.05) is 26.1 Å². The summed E-state index contributed by atoms with van der Waals surface area (Å²) in [6.07, 6.45) is 1.92. The van der Waals surface area contributed by atoms with Gasteiger partial charge in [-0.05, 0) is 25.0 Å². The maximum atomic E-state index is 12.2. The molecule has 0 aliphatic carbocycles. The van der Waals surface area contributed by atoms with Gasteiger partial charge >= 0.3 is 0 Å². The van der Waals surface area contributed by atoms with Crippen LogP contribution in [-0.4, -0.2) is 54.9 Å². The molecule has 0 atom stereocenters. The predicted octanol–water partition coefficient (Wildman–Crippen LogP) is 0.312. The number of nitrogens with zero attached hydrogens (tertiary/aromatic N) is 2. The first-order valence-electron chi connectivity index (χ1n) is 8.33. The quantitative estimate of drug-likeness (QED) is 0.817. The van der Waals surface area contributed by atoms with Crippen LogP contribution in [0.4, 0.5) is 0 Å². The number of rotatable bonds is 5. The number of hydrogen-bond donors (Lipinski definition) is 2. The van der Waals surface area contributed by atoms with E-state index in [1.54, 1.807) is 23.7 Å². The van der Waals surface area contributed by atoms with E-state index in [9.17, 15) is 9.59 Å². The van der Waals surface area contributed by atoms with Gasteiger partial charge in [-0.25, -0.2) is 4.98 Å². The number of nitrogens with one attached hydrogen (secondary N) is 1. The van der Waals surface area contributed by atoms with E-state index in [2.05, 4.69) is 17.4 Å². The molecule has 1 saturated heterocycles. The number of nitrogens with two attached hydrogens (primary N) is 1. The molecule has 6 nitrogen and oxygen atoms in total. The van der Waals surface area contributed by atoms with Crippen molar-refractivity contribution in [2.75, 3.05) is 33.2 Å². The Morgan fingerprint density at radius 2 is 2.04 bits per heavy atom. The summed E-state index contributed by atoms with van der Waals surface area (Å²) < 4.78 is 1.23. The Hall–Kier alpha value is -1.99. The highest BCUT2D eigenvalue weighted by molar-refractivity contribution is 7.18. The highest BCUT2D eigenvalue weighted by Gasteiger charge is 2.26. The van der Waals surface area contributed by atoms with E-state index in [0.717, 1.165) is 31.4 Å². The average Bonchev–Trinajstić information content (AvgIpc) is 3.05. The number of carbonyl (C=O) groups excluding carboxylic acids is 2. The van der Waals surface area contributed by atoms with Crippen LogP contribution < -0.4 is 10.6 Å². The average molecular weight is 347 g/mol. The van der Waals surface area contributed by atoms with Crippen molar-refractivity contribution in [2.45, 2.75) is 18.8 Å². The zero-order valence-electron chi connectivity index (χ0n) is 13.8. The summed E-state index contributed by atoms with van der Waals surface area (Å²) >= 11 is 1.77. The second kappa shape index (κ2) is 7.72. The standard InChI is InChI=1S/C17H22N4O2S/c1-18-15(22)10-19-11-16(23)21-8-6-12(7-9-21)17-20-13-4-2-3-5-14(13)24-17/h2-5,12,19H,6-11H2,1H3,(H,18,22)/p+1. The van der Waals surface area contributed by atoms with Crippen LogP contribution in [0.3, 0.4) is 0 Å². The fraction of sp³-hybridized carbons (Fsp3) is 0.471. The molecule has 1 aliphatic heterocycles. The molecule has 1 aromatic carbocycles. The van der Waals surface area contributed by atoms with Crippen molar-refractivity contribution in [1.29, 1.82) is 0 Å². The number of carbonyl (C=O) groups is 2. The SMILES string of the molecule is CNC(=O)C[NH2+]CC(=O)N1CCC(c2nc3ccccc3s2)CC1. The molecule has 0 unspecified atom stereocenters. The number of benzene rings is 1. The molecule has 24 heavy (non-hydrogen) atoms. The Morgan fingerprint density at radius 1 is 1.29 bits per heavy atom. The fourth-order valence-corrected chi connectivity index (χ4v) is 4.13. The van der Waals surface area contributed by atoms with E-state index in [-0.39, 0.29) is 11.8 Å². The van der Waals surface area contributed by atoms with Crippen molar-refractivity contribution < 1.29 is 14.9 Å². The van der Waals surface area contributed by atoms with Crippen molar-refractivity contribution in [3.63, 3.8) is 0 Å². The third-order valence-electron chi connectivity index (χ3n) is 4.43. The van der Waals surface area contributed by atoms with Gasteiger partial charge in [-0.3, -0.25) is 9.59 Å². The number of likely N-dealkylation sites (N-methyl/N-ethyl adjacent to an activating group) is 1. The van der Waals surface area contributed by atoms with Gasteiger partial charge in [-0.1, -0.05) is 12.1 Å². The Kier molecular flexibility index (Phi) is 5.42. The molecule has 2 heterocycles. The minimum absolute atomic E-state index is 0.0580. The Morgan fingerprint density at radius 3 is 2.75 bits per heavy atom. The molecule has 1 aromatic heterocycles. The summed E-state index contributed by atoms with van der Waals surface area (Å²) in [5.41, 5.74) is 1.07. The number of hydrogen-bond acceptors (Lipinski definition) is 4. The van der Waals surface area contributed by atoms with Crippen LogP contribution >= 0.6 is 11.3 Å². The second-order valence-electron chi connectivity index (χ2n) is 6.04. The second-order valence-corrected chi connectivity index (χ2v) is 7.11. The molecule has 0 saturated carbocycles. The van der Waals surface area contributed by atoms with Gasteiger partial charge in [-0.15, -0.1) is 11.3 Å². The summed E-state index contributed by atoms with van der Waals surface area (Å²) in [5.74, 6) is 0.500. The van der Waals surface area contributed by atoms with Crippen LogP contribution in [0.5, 0.6) is 0 Å². The lowest BCUT2D eigenvalue weighted by Crippen LogP contribution is -2.88. The molecular formula is C17H23N4O2S+. The topological polar surface area (TPSA) is 78.9 Å². The number of fused-ring (bicyclic) bond motifs is 1. The van der Waals surface area contributed by atoms with Crippen LogP contribution in [-0.2, 0) is 9.59 Å². The van der Waals surface area contributed by atoms with E-state index in [1.807, 2.05) is 17.0 Å². The van der Waals surface area contributed by atoms with E-state index in [1.165, 1.54) is 9.71 Å². The van der Waals surface area contributed by atoms with Crippen molar-refractivity contribution in [3.8, 4) is 0 Å². The molecule has 128 valence electrons. The molecule has 2 amide bonds. The van der Waals surface area contributed by atoms with Gasteiger partial charge in [0.05, 0.1) is 15.2 Å². The lowest BCUT2D eigenvalue weighted by atomic mass is 9.97. The molecule has 7 heteroatoms. The van der Waals surface area contributed by atoms with Crippen LogP contribution in [0.25, 0.3) is 10.2 Å². The van der Waals surface area contributed by atoms with Gasteiger partial charge < -0.3 is 15.5 Å². The van der Waals surface area contributed by atoms with Gasteiger partial charge in [-0.2, -0.15) is 0 Å². The maximum absolute atomic E-state index is 12.2. The highest BCUT2D eigenvalue weighted by atomic mass is 32.1. The van der Waals surface area contributed by atoms with Crippen molar-refractivity contribution >= 4 is 33.4 Å². The van der Waals surface area contributed by atoms with Crippen LogP contribution in [0.15, 0.2) is 24.3 Å². The van der Waals surface area contributed by atoms with Gasteiger partial charge in [0.25, 0.3) is 11.8 Å². The number of amides is 2. The summed E-state index contributed by atoms with van der Waals surface area (Å²) in [6, 6.07) is 8.22. The fourth-order valence-electron chi connectivity index (χ4n) is 3.00. The Labute approximate surface area is 145 Å². The summed E-state index contributed by atoms with van der Waals surface area (Å²) in [6.45, 7) is 2.17. The summed E-state index contributed by atoms with van der Waals surface area (Å²) in [5, 5.41) is 5.49. The molecule has 1 aliphatic rings. The van der Waals surface area contributed by atoms with Crippen LogP contribution in [0.1, 0.15) is 23.8 Å². The number of aromatic nitrogens is 1. The smallest absolute Gasteiger partial charge is 0.277 e. The minimum Gasteiger partial charge on any atom is -0.354 e. The zero-order valence-corrected chi connectivity index (χ0v) is 14.6. The van der Waals surface area contributed by atoms with Gasteiger partial charge in [0.15, 0.2) is 13.1 Å². The molecule has 1 fully saturated rings. The molecule has 3 rings (SSSR count). The summed E-state index contributed by atoms with van der Waals surface area (Å²) in [4.78, 5) is 30.0. The first-order chi connectivity index (χ1) is 11.7. The number of thiazole rings is 1. The number of quaternary nitrogens is 1. The third-order valence-corrected chi connectivity index (χ3v) is 5.63. The first-order valence-corrected chi connectivity index (χ1v) is 9.14. The minimum atomic E-state index is -0.0580. The molecule has 3 N–H and O–H groups in total. The molecular weight excluding hydrogens is 324 g/mol. The van der Waals surface area contributed by atoms with E-state index < -0.39 is 0 Å². The predicted molar refractivity (Wildman–Crippen MR) is 93.9 cm³/mol. The Balaban J connectivity index is 1.50. The number of likely N-dealkylation sites (tertiary alicyclic amines) is 1. The zero-order chi connectivity index (χ0) is 16.9. The van der Waals surface area contributed by atoms with Crippen molar-refractivity contribution in [3.05, 3.63) is 29.3 Å². The molecule has 2 aromatic rings. The first kappa shape index (κ1) is 16.9. The lowest BCUT2D eigenvalue weighted by Gasteiger charge is -2.30. The highest BCUT2D eigenvalue weighted by Crippen LogP contribution is 2.33. The third kappa shape index (κ3) is 3.91. The van der Waals surface area contributed by atoms with Crippen molar-refractivity contribution in [1.82, 2.24) is 15.2 Å². The molecule has 0 spiro atoms. The monoisotopic (exact) mass is 347 g/mol. The Bertz CT molecular complexity index is 689. The summed E-state index contributed by atoms with van der Waals surface area (Å²) in [7, 11) is 1.60. The van der Waals surface area contributed by atoms with Gasteiger partial charge in [0.1, 0.15) is 0 Å². The van der Waals surface area contributed by atoms with E-state index in [4.69, 9.17) is 4.98 Å². The van der Waals surface area contributed by atoms with Crippen molar-refractivity contribution in [2.24, 2.45) is 0 Å². The lowest BCUT2D eigenvalue weighted by molar-refractivity contribution is -0.633. The largest absolute Gasteiger partial charge is 0.354 e. The van der Waals surface area contributed by atoms with Gasteiger partial charge in [0.2, 0.25) is 0 Å². The van der Waals surface area contributed by atoms with Crippen LogP contribution in [0.2, 0.25) is 0 Å². The number of piperidine rings is 1. The maximum Gasteiger partial charge on any atom is 0.277 e.